The molecule has 2 rings (SSSR count). The smallest absolute Gasteiger partial charge is 0.437 e. The van der Waals surface area contributed by atoms with E-state index in [2.05, 4.69) is 14.7 Å². The molecule has 0 amide bonds. The summed E-state index contributed by atoms with van der Waals surface area (Å²) in [7, 11) is 1.26. The molecular formula is C13H16F3N3O3. The summed E-state index contributed by atoms with van der Waals surface area (Å²) in [4.78, 5) is 19.7. The number of carbonyl (C=O) groups excluding carboxylic acids is 1. The Morgan fingerprint density at radius 1 is 1.32 bits per heavy atom. The summed E-state index contributed by atoms with van der Waals surface area (Å²) < 4.78 is 48.6. The lowest BCUT2D eigenvalue weighted by Gasteiger charge is -2.33. The number of carbonyl (C=O) groups is 1. The molecule has 6 nitrogen and oxygen atoms in total. The van der Waals surface area contributed by atoms with E-state index < -0.39 is 17.8 Å². The zero-order valence-corrected chi connectivity index (χ0v) is 12.0. The van der Waals surface area contributed by atoms with Gasteiger partial charge in [-0.2, -0.15) is 13.2 Å². The van der Waals surface area contributed by atoms with Crippen LogP contribution in [0, 0.1) is 0 Å². The van der Waals surface area contributed by atoms with Crippen LogP contribution >= 0.6 is 0 Å². The molecule has 122 valence electrons. The van der Waals surface area contributed by atoms with E-state index in [0.29, 0.717) is 25.9 Å². The van der Waals surface area contributed by atoms with E-state index in [4.69, 9.17) is 4.74 Å². The van der Waals surface area contributed by atoms with Crippen molar-refractivity contribution >= 4 is 11.8 Å². The lowest BCUT2D eigenvalue weighted by molar-refractivity contribution is -0.148. The van der Waals surface area contributed by atoms with Crippen LogP contribution in [0.15, 0.2) is 12.4 Å². The van der Waals surface area contributed by atoms with Crippen LogP contribution in [0.3, 0.4) is 0 Å². The fourth-order valence-electron chi connectivity index (χ4n) is 2.24. The highest BCUT2D eigenvalue weighted by Crippen LogP contribution is 2.34. The molecule has 1 saturated heterocycles. The Morgan fingerprint density at radius 2 is 1.95 bits per heavy atom. The highest BCUT2D eigenvalue weighted by molar-refractivity contribution is 5.70. The van der Waals surface area contributed by atoms with E-state index in [0.717, 1.165) is 6.20 Å². The molecule has 0 N–H and O–H groups in total. The van der Waals surface area contributed by atoms with Crippen molar-refractivity contribution in [3.8, 4) is 0 Å². The fourth-order valence-corrected chi connectivity index (χ4v) is 2.24. The zero-order chi connectivity index (χ0) is 16.2. The van der Waals surface area contributed by atoms with Gasteiger partial charge in [-0.05, 0) is 12.8 Å². The van der Waals surface area contributed by atoms with Gasteiger partial charge in [0.25, 0.3) is 0 Å². The Hall–Kier alpha value is -1.90. The summed E-state index contributed by atoms with van der Waals surface area (Å²) in [6, 6.07) is 0. The van der Waals surface area contributed by atoms with Crippen molar-refractivity contribution in [1.29, 1.82) is 0 Å². The van der Waals surface area contributed by atoms with Crippen LogP contribution in [0.2, 0.25) is 0 Å². The Kier molecular flexibility index (Phi) is 5.17. The van der Waals surface area contributed by atoms with Gasteiger partial charge in [-0.3, -0.25) is 0 Å². The van der Waals surface area contributed by atoms with Gasteiger partial charge in [0.2, 0.25) is 0 Å². The first-order chi connectivity index (χ1) is 10.4. The largest absolute Gasteiger partial charge is 0.467 e. The topological polar surface area (TPSA) is 64.6 Å². The molecule has 0 spiro atoms. The van der Waals surface area contributed by atoms with Crippen LogP contribution in [0.25, 0.3) is 0 Å². The first kappa shape index (κ1) is 16.5. The number of rotatable bonds is 4. The normalized spacial score (nSPS) is 16.6. The first-order valence-electron chi connectivity index (χ1n) is 6.73. The van der Waals surface area contributed by atoms with Crippen LogP contribution in [0.4, 0.5) is 19.0 Å². The summed E-state index contributed by atoms with van der Waals surface area (Å²) in [5.74, 6) is -0.642. The zero-order valence-electron chi connectivity index (χ0n) is 12.0. The third-order valence-corrected chi connectivity index (χ3v) is 3.35. The van der Waals surface area contributed by atoms with Crippen LogP contribution in [-0.2, 0) is 20.4 Å². The second kappa shape index (κ2) is 6.91. The average Bonchev–Trinajstić information content (AvgIpc) is 2.52. The quantitative estimate of drug-likeness (QED) is 0.786. The number of esters is 1. The van der Waals surface area contributed by atoms with Gasteiger partial charge in [-0.15, -0.1) is 0 Å². The van der Waals surface area contributed by atoms with Crippen molar-refractivity contribution < 1.29 is 27.4 Å². The third-order valence-electron chi connectivity index (χ3n) is 3.35. The highest BCUT2D eigenvalue weighted by atomic mass is 19.4. The summed E-state index contributed by atoms with van der Waals surface area (Å²) in [6.07, 6.45) is -1.44. The minimum atomic E-state index is -4.54. The second-order valence-electron chi connectivity index (χ2n) is 4.80. The molecule has 1 aliphatic heterocycles. The van der Waals surface area contributed by atoms with Gasteiger partial charge < -0.3 is 14.4 Å². The van der Waals surface area contributed by atoms with Crippen LogP contribution in [0.1, 0.15) is 18.5 Å². The lowest BCUT2D eigenvalue weighted by Crippen LogP contribution is -2.39. The van der Waals surface area contributed by atoms with E-state index in [9.17, 15) is 18.0 Å². The number of nitrogens with zero attached hydrogens (tertiary/aromatic N) is 3. The summed E-state index contributed by atoms with van der Waals surface area (Å²) in [6.45, 7) is 0.557. The Morgan fingerprint density at radius 3 is 2.55 bits per heavy atom. The Bertz CT molecular complexity index is 517. The van der Waals surface area contributed by atoms with Crippen molar-refractivity contribution in [3.05, 3.63) is 18.1 Å². The molecule has 0 unspecified atom stereocenters. The molecule has 22 heavy (non-hydrogen) atoms. The van der Waals surface area contributed by atoms with E-state index in [1.54, 1.807) is 0 Å². The molecular weight excluding hydrogens is 303 g/mol. The third kappa shape index (κ3) is 4.06. The van der Waals surface area contributed by atoms with Gasteiger partial charge in [0.1, 0.15) is 6.61 Å². The number of hydrogen-bond donors (Lipinski definition) is 0. The van der Waals surface area contributed by atoms with E-state index >= 15 is 0 Å². The second-order valence-corrected chi connectivity index (χ2v) is 4.80. The number of halogens is 3. The summed E-state index contributed by atoms with van der Waals surface area (Å²) in [5, 5.41) is 0. The minimum absolute atomic E-state index is 0.153. The molecule has 2 heterocycles. The van der Waals surface area contributed by atoms with Crippen LogP contribution < -0.4 is 4.90 Å². The fraction of sp³-hybridized carbons (Fsp3) is 0.615. The molecule has 1 aromatic rings. The number of piperidine rings is 1. The maximum Gasteiger partial charge on any atom is 0.437 e. The van der Waals surface area contributed by atoms with Gasteiger partial charge in [0, 0.05) is 25.5 Å². The monoisotopic (exact) mass is 319 g/mol. The van der Waals surface area contributed by atoms with Gasteiger partial charge in [0.15, 0.2) is 11.5 Å². The van der Waals surface area contributed by atoms with Crippen LogP contribution in [0.5, 0.6) is 0 Å². The van der Waals surface area contributed by atoms with Gasteiger partial charge in [0.05, 0.1) is 13.2 Å². The summed E-state index contributed by atoms with van der Waals surface area (Å²) in [5.41, 5.74) is -0.982. The molecule has 0 saturated carbocycles. The molecule has 0 aliphatic carbocycles. The average molecular weight is 319 g/mol. The molecule has 9 heteroatoms. The Labute approximate surface area is 125 Å². The maximum atomic E-state index is 12.9. The van der Waals surface area contributed by atoms with E-state index in [-0.39, 0.29) is 18.5 Å². The SMILES string of the molecule is COC(=O)COC1CCN(c2nccnc2C(F)(F)F)CC1. The van der Waals surface area contributed by atoms with Crippen LogP contribution in [-0.4, -0.2) is 48.8 Å². The molecule has 0 bridgehead atoms. The van der Waals surface area contributed by atoms with Gasteiger partial charge in [-0.1, -0.05) is 0 Å². The first-order valence-corrected chi connectivity index (χ1v) is 6.73. The van der Waals surface area contributed by atoms with Crippen molar-refractivity contribution in [3.63, 3.8) is 0 Å². The molecule has 0 radical (unpaired) electrons. The summed E-state index contributed by atoms with van der Waals surface area (Å²) >= 11 is 0. The standard InChI is InChI=1S/C13H16F3N3O3/c1-21-10(20)8-22-9-2-6-19(7-3-9)12-11(13(14,15)16)17-4-5-18-12/h4-5,9H,2-3,6-8H2,1H3. The number of methoxy groups -OCH3 is 1. The van der Waals surface area contributed by atoms with Gasteiger partial charge in [-0.25, -0.2) is 14.8 Å². The number of aromatic nitrogens is 2. The number of alkyl halides is 3. The highest BCUT2D eigenvalue weighted by Gasteiger charge is 2.38. The van der Waals surface area contributed by atoms with Crippen molar-refractivity contribution in [1.82, 2.24) is 9.97 Å². The number of ether oxygens (including phenoxy) is 2. The van der Waals surface area contributed by atoms with Crippen molar-refractivity contribution in [2.45, 2.75) is 25.1 Å². The van der Waals surface area contributed by atoms with Gasteiger partial charge >= 0.3 is 12.1 Å². The molecule has 1 aromatic heterocycles. The molecule has 1 aliphatic rings. The lowest BCUT2D eigenvalue weighted by atomic mass is 10.1. The molecule has 0 aromatic carbocycles. The Balaban J connectivity index is 1.96. The predicted molar refractivity (Wildman–Crippen MR) is 70.2 cm³/mol. The number of anilines is 1. The van der Waals surface area contributed by atoms with E-state index in [1.165, 1.54) is 18.2 Å². The molecule has 0 atom stereocenters. The maximum absolute atomic E-state index is 12.9. The predicted octanol–water partition coefficient (Wildman–Crippen LogP) is 1.65. The van der Waals surface area contributed by atoms with Crippen molar-refractivity contribution in [2.75, 3.05) is 31.7 Å². The van der Waals surface area contributed by atoms with E-state index in [1.807, 2.05) is 0 Å². The molecule has 1 fully saturated rings. The minimum Gasteiger partial charge on any atom is -0.467 e. The van der Waals surface area contributed by atoms with Crippen molar-refractivity contribution in [2.24, 2.45) is 0 Å². The number of hydrogen-bond acceptors (Lipinski definition) is 6.